The summed E-state index contributed by atoms with van der Waals surface area (Å²) in [7, 11) is 1.91. The van der Waals surface area contributed by atoms with E-state index in [0.717, 1.165) is 79.9 Å². The van der Waals surface area contributed by atoms with E-state index in [0.29, 0.717) is 38.0 Å². The second-order valence-electron chi connectivity index (χ2n) is 10.7. The number of nitrogens with zero attached hydrogens (tertiary/aromatic N) is 8. The highest BCUT2D eigenvalue weighted by molar-refractivity contribution is 6.09. The fourth-order valence-electron chi connectivity index (χ4n) is 5.41. The van der Waals surface area contributed by atoms with E-state index in [1.54, 1.807) is 6.92 Å². The minimum Gasteiger partial charge on any atom is -0.378 e. The fraction of sp³-hybridized carbons (Fsp3) is 0.607. The van der Waals surface area contributed by atoms with Crippen LogP contribution in [-0.2, 0) is 16.1 Å². The zero-order chi connectivity index (χ0) is 27.5. The standard InChI is InChI=1S/C28H41N9O2/c1-6-21-7-8-22(17-30-24(21)29-5)25-32-26(35-13-15-39-16-14-35)23-27(33-25)37(18-19(2)3)28(31-23)36-11-9-34(10-12-36)20(4)38/h8,17,19,29H,6-7,9-16,18H2,1-5H3. The van der Waals surface area contributed by atoms with Gasteiger partial charge in [0, 0.05) is 71.6 Å². The van der Waals surface area contributed by atoms with Gasteiger partial charge in [-0.05, 0) is 24.3 Å². The third-order valence-electron chi connectivity index (χ3n) is 7.58. The molecule has 0 aromatic carbocycles. The second kappa shape index (κ2) is 11.7. The second-order valence-corrected chi connectivity index (χ2v) is 10.7. The number of aromatic nitrogens is 4. The summed E-state index contributed by atoms with van der Waals surface area (Å²) >= 11 is 0. The maximum Gasteiger partial charge on any atom is 0.219 e. The van der Waals surface area contributed by atoms with Gasteiger partial charge in [0.2, 0.25) is 11.9 Å². The minimum absolute atomic E-state index is 0.121. The lowest BCUT2D eigenvalue weighted by molar-refractivity contribution is -0.129. The predicted octanol–water partition coefficient (Wildman–Crippen LogP) is 2.69. The number of allylic oxidation sites excluding steroid dienone is 3. The van der Waals surface area contributed by atoms with Crippen molar-refractivity contribution in [2.45, 2.75) is 47.1 Å². The first-order chi connectivity index (χ1) is 18.9. The number of hydrogen-bond donors (Lipinski definition) is 1. The van der Waals surface area contributed by atoms with Crippen LogP contribution < -0.4 is 15.1 Å². The molecule has 11 nitrogen and oxygen atoms in total. The van der Waals surface area contributed by atoms with Crippen molar-refractivity contribution < 1.29 is 9.53 Å². The van der Waals surface area contributed by atoms with Gasteiger partial charge in [0.1, 0.15) is 5.82 Å². The summed E-state index contributed by atoms with van der Waals surface area (Å²) in [6.45, 7) is 14.7. The van der Waals surface area contributed by atoms with Crippen molar-refractivity contribution in [3.63, 3.8) is 0 Å². The zero-order valence-electron chi connectivity index (χ0n) is 23.9. The number of fused-ring (bicyclic) bond motifs is 1. The Morgan fingerprint density at radius 1 is 1.05 bits per heavy atom. The molecule has 0 bridgehead atoms. The summed E-state index contributed by atoms with van der Waals surface area (Å²) in [5, 5.41) is 3.23. The lowest BCUT2D eigenvalue weighted by Crippen LogP contribution is -2.48. The molecule has 11 heteroatoms. The highest BCUT2D eigenvalue weighted by atomic mass is 16.5. The summed E-state index contributed by atoms with van der Waals surface area (Å²) in [6.07, 6.45) is 5.79. The minimum atomic E-state index is 0.121. The quantitative estimate of drug-likeness (QED) is 0.577. The van der Waals surface area contributed by atoms with Gasteiger partial charge in [-0.3, -0.25) is 9.36 Å². The van der Waals surface area contributed by atoms with Gasteiger partial charge in [-0.2, -0.15) is 0 Å². The fourth-order valence-corrected chi connectivity index (χ4v) is 5.41. The summed E-state index contributed by atoms with van der Waals surface area (Å²) in [5.74, 6) is 3.85. The zero-order valence-corrected chi connectivity index (χ0v) is 23.9. The van der Waals surface area contributed by atoms with E-state index in [1.165, 1.54) is 5.57 Å². The van der Waals surface area contributed by atoms with E-state index < -0.39 is 0 Å². The van der Waals surface area contributed by atoms with Crippen molar-refractivity contribution in [2.24, 2.45) is 10.9 Å². The molecule has 2 saturated heterocycles. The first-order valence-corrected chi connectivity index (χ1v) is 14.1. The molecule has 2 aromatic rings. The molecule has 0 aliphatic carbocycles. The average Bonchev–Trinajstić information content (AvgIpc) is 3.16. The number of carbonyl (C=O) groups excluding carboxylic acids is 1. The van der Waals surface area contributed by atoms with Crippen LogP contribution >= 0.6 is 0 Å². The van der Waals surface area contributed by atoms with Crippen LogP contribution in [0.15, 0.2) is 22.5 Å². The SMILES string of the molecule is CCC1=C(NC)N=CC(c2nc(N3CCOCC3)c3nc(N4CCN(C(C)=O)CC4)n(CC(C)C)c3n2)=CC1. The van der Waals surface area contributed by atoms with Crippen LogP contribution in [0.2, 0.25) is 0 Å². The molecule has 3 aliphatic rings. The lowest BCUT2D eigenvalue weighted by atomic mass is 10.1. The Bertz CT molecular complexity index is 1300. The molecule has 1 amide bonds. The van der Waals surface area contributed by atoms with Crippen molar-refractivity contribution in [3.05, 3.63) is 23.3 Å². The maximum atomic E-state index is 11.9. The molecule has 210 valence electrons. The van der Waals surface area contributed by atoms with Gasteiger partial charge in [-0.15, -0.1) is 0 Å². The molecule has 0 saturated carbocycles. The first-order valence-electron chi connectivity index (χ1n) is 14.1. The largest absolute Gasteiger partial charge is 0.378 e. The molecule has 1 N–H and O–H groups in total. The highest BCUT2D eigenvalue weighted by Crippen LogP contribution is 2.32. The summed E-state index contributed by atoms with van der Waals surface area (Å²) in [5.41, 5.74) is 3.83. The van der Waals surface area contributed by atoms with Crippen LogP contribution in [0.25, 0.3) is 16.7 Å². The average molecular weight is 536 g/mol. The van der Waals surface area contributed by atoms with Gasteiger partial charge in [-0.1, -0.05) is 26.8 Å². The number of morpholine rings is 1. The van der Waals surface area contributed by atoms with E-state index >= 15 is 0 Å². The normalized spacial score (nSPS) is 18.7. The first kappa shape index (κ1) is 27.1. The molecule has 2 aromatic heterocycles. The Hall–Kier alpha value is -3.47. The van der Waals surface area contributed by atoms with Crippen LogP contribution in [0.3, 0.4) is 0 Å². The van der Waals surface area contributed by atoms with Crippen molar-refractivity contribution in [1.29, 1.82) is 0 Å². The Kier molecular flexibility index (Phi) is 8.15. The number of ether oxygens (including phenoxy) is 1. The van der Waals surface area contributed by atoms with Crippen LogP contribution in [0.4, 0.5) is 11.8 Å². The molecular weight excluding hydrogens is 494 g/mol. The van der Waals surface area contributed by atoms with Crippen LogP contribution in [0, 0.1) is 5.92 Å². The number of amides is 1. The number of rotatable bonds is 7. The Balaban J connectivity index is 1.63. The molecule has 39 heavy (non-hydrogen) atoms. The Morgan fingerprint density at radius 2 is 1.79 bits per heavy atom. The molecular formula is C28H41N9O2. The number of hydrogen-bond acceptors (Lipinski definition) is 9. The highest BCUT2D eigenvalue weighted by Gasteiger charge is 2.28. The number of anilines is 2. The monoisotopic (exact) mass is 535 g/mol. The van der Waals surface area contributed by atoms with Crippen molar-refractivity contribution in [1.82, 2.24) is 29.7 Å². The van der Waals surface area contributed by atoms with Crippen LogP contribution in [0.1, 0.15) is 46.4 Å². The molecule has 2 fully saturated rings. The number of nitrogens with one attached hydrogen (secondary N) is 1. The summed E-state index contributed by atoms with van der Waals surface area (Å²) in [4.78, 5) is 38.6. The molecule has 5 rings (SSSR count). The van der Waals surface area contributed by atoms with E-state index in [2.05, 4.69) is 46.5 Å². The smallest absolute Gasteiger partial charge is 0.219 e. The van der Waals surface area contributed by atoms with E-state index in [1.807, 2.05) is 18.2 Å². The van der Waals surface area contributed by atoms with Crippen molar-refractivity contribution in [3.8, 4) is 0 Å². The predicted molar refractivity (Wildman–Crippen MR) is 155 cm³/mol. The Morgan fingerprint density at radius 3 is 2.44 bits per heavy atom. The summed E-state index contributed by atoms with van der Waals surface area (Å²) in [6, 6.07) is 0. The molecule has 5 heterocycles. The third kappa shape index (κ3) is 5.63. The van der Waals surface area contributed by atoms with E-state index in [-0.39, 0.29) is 5.91 Å². The molecule has 0 atom stereocenters. The lowest BCUT2D eigenvalue weighted by Gasteiger charge is -2.35. The third-order valence-corrected chi connectivity index (χ3v) is 7.58. The molecule has 0 radical (unpaired) electrons. The summed E-state index contributed by atoms with van der Waals surface area (Å²) < 4.78 is 7.91. The van der Waals surface area contributed by atoms with Crippen molar-refractivity contribution >= 4 is 40.6 Å². The van der Waals surface area contributed by atoms with Gasteiger partial charge in [-0.25, -0.2) is 19.9 Å². The number of aliphatic imine (C=N–C) groups is 1. The molecule has 3 aliphatic heterocycles. The van der Waals surface area contributed by atoms with E-state index in [9.17, 15) is 4.79 Å². The van der Waals surface area contributed by atoms with Crippen LogP contribution in [-0.4, -0.2) is 96.1 Å². The maximum absolute atomic E-state index is 11.9. The van der Waals surface area contributed by atoms with E-state index in [4.69, 9.17) is 24.7 Å². The molecule has 0 unspecified atom stereocenters. The number of imidazole rings is 1. The van der Waals surface area contributed by atoms with Crippen molar-refractivity contribution in [2.75, 3.05) is 69.3 Å². The topological polar surface area (TPSA) is 104 Å². The molecule has 0 spiro atoms. The number of piperazine rings is 1. The van der Waals surface area contributed by atoms with Gasteiger partial charge in [0.15, 0.2) is 22.8 Å². The Labute approximate surface area is 230 Å². The van der Waals surface area contributed by atoms with Gasteiger partial charge < -0.3 is 24.8 Å². The van der Waals surface area contributed by atoms with Crippen LogP contribution in [0.5, 0.6) is 0 Å². The number of carbonyl (C=O) groups is 1. The van der Waals surface area contributed by atoms with Gasteiger partial charge in [0.25, 0.3) is 0 Å². The van der Waals surface area contributed by atoms with Gasteiger partial charge in [0.05, 0.1) is 13.2 Å². The van der Waals surface area contributed by atoms with Gasteiger partial charge >= 0.3 is 0 Å².